The van der Waals surface area contributed by atoms with Crippen LogP contribution in [0, 0.1) is 0 Å². The van der Waals surface area contributed by atoms with Crippen LogP contribution < -0.4 is 0 Å². The van der Waals surface area contributed by atoms with Gasteiger partial charge in [-0.3, -0.25) is 14.4 Å². The third-order valence-corrected chi connectivity index (χ3v) is 11.9. The fourth-order valence-electron chi connectivity index (χ4n) is 7.40. The van der Waals surface area contributed by atoms with E-state index in [1.165, 1.54) is 25.7 Å². The van der Waals surface area contributed by atoms with Gasteiger partial charge in [-0.2, -0.15) is 0 Å². The Hall–Kier alpha value is -5.49. The largest absolute Gasteiger partial charge is 0.462 e. The summed E-state index contributed by atoms with van der Waals surface area (Å²) in [4.78, 5) is 38.2. The molecule has 0 amide bonds. The van der Waals surface area contributed by atoms with E-state index in [0.717, 1.165) is 148 Å². The lowest BCUT2D eigenvalue weighted by Gasteiger charge is -2.18. The van der Waals surface area contributed by atoms with Gasteiger partial charge in [-0.05, 0) is 154 Å². The third kappa shape index (κ3) is 61.2. The van der Waals surface area contributed by atoms with E-state index in [1.807, 2.05) is 0 Å². The van der Waals surface area contributed by atoms with Crippen LogP contribution in [0.3, 0.4) is 0 Å². The average molecular weight is 1060 g/mol. The van der Waals surface area contributed by atoms with E-state index in [4.69, 9.17) is 14.2 Å². The molecule has 77 heavy (non-hydrogen) atoms. The van der Waals surface area contributed by atoms with Crippen molar-refractivity contribution in [3.05, 3.63) is 182 Å². The summed E-state index contributed by atoms with van der Waals surface area (Å²) < 4.78 is 16.8. The van der Waals surface area contributed by atoms with Gasteiger partial charge in [0.15, 0.2) is 6.10 Å². The number of carbonyl (C=O) groups excluding carboxylic acids is 3. The van der Waals surface area contributed by atoms with E-state index in [9.17, 15) is 14.4 Å². The smallest absolute Gasteiger partial charge is 0.306 e. The Kier molecular flexibility index (Phi) is 58.6. The molecule has 0 aliphatic rings. The fourth-order valence-corrected chi connectivity index (χ4v) is 7.40. The molecule has 0 aliphatic carbocycles. The number of unbranched alkanes of at least 4 members (excludes halogenated alkanes) is 11. The summed E-state index contributed by atoms with van der Waals surface area (Å²) in [5.41, 5.74) is 0. The van der Waals surface area contributed by atoms with E-state index < -0.39 is 6.10 Å². The molecule has 0 aliphatic heterocycles. The van der Waals surface area contributed by atoms with Crippen molar-refractivity contribution < 1.29 is 28.6 Å². The third-order valence-electron chi connectivity index (χ3n) is 11.9. The summed E-state index contributed by atoms with van der Waals surface area (Å²) in [5.74, 6) is -1.06. The SMILES string of the molecule is CC/C=C\C/C=C\C/C=C\C/C=C\C/C=C\C/C=C\C/C=C\C/C=C\C/C=C\CCCC(=O)OCC(COC(=O)CCCCCCC/C=C\C/C=C\CCCCC)OC(=O)CCCC/C=C\C/C=C\C/C=C\C/C=C\CC. The molecule has 0 radical (unpaired) electrons. The molecule has 0 fully saturated rings. The number of rotatable bonds is 52. The number of hydrogen-bond donors (Lipinski definition) is 0. The molecule has 0 saturated heterocycles. The van der Waals surface area contributed by atoms with Gasteiger partial charge in [-0.1, -0.05) is 235 Å². The van der Waals surface area contributed by atoms with Crippen molar-refractivity contribution in [2.24, 2.45) is 0 Å². The van der Waals surface area contributed by atoms with Crippen molar-refractivity contribution >= 4 is 17.9 Å². The minimum Gasteiger partial charge on any atom is -0.462 e. The van der Waals surface area contributed by atoms with Crippen molar-refractivity contribution in [2.75, 3.05) is 13.2 Å². The average Bonchev–Trinajstić information content (AvgIpc) is 3.43. The lowest BCUT2D eigenvalue weighted by Crippen LogP contribution is -2.30. The Balaban J connectivity index is 4.53. The van der Waals surface area contributed by atoms with E-state index in [2.05, 4.69) is 203 Å². The number of hydrogen-bond acceptors (Lipinski definition) is 6. The van der Waals surface area contributed by atoms with E-state index in [0.29, 0.717) is 19.3 Å². The van der Waals surface area contributed by atoms with Crippen molar-refractivity contribution in [1.29, 1.82) is 0 Å². The van der Waals surface area contributed by atoms with Gasteiger partial charge < -0.3 is 14.2 Å². The maximum atomic E-state index is 12.8. The molecule has 1 atom stereocenters. The molecule has 0 heterocycles. The van der Waals surface area contributed by atoms with Gasteiger partial charge in [0.05, 0.1) is 0 Å². The minimum atomic E-state index is -0.840. The molecule has 0 aromatic rings. The fraction of sp³-hybridized carbons (Fsp3) is 0.535. The molecular weight excluding hydrogens is 949 g/mol. The van der Waals surface area contributed by atoms with Crippen molar-refractivity contribution in [2.45, 2.75) is 232 Å². The summed E-state index contributed by atoms with van der Waals surface area (Å²) in [6.45, 7) is 6.27. The van der Waals surface area contributed by atoms with Gasteiger partial charge in [0.1, 0.15) is 13.2 Å². The highest BCUT2D eigenvalue weighted by atomic mass is 16.6. The topological polar surface area (TPSA) is 78.9 Å². The first-order chi connectivity index (χ1) is 38.0. The number of ether oxygens (including phenoxy) is 3. The van der Waals surface area contributed by atoms with Gasteiger partial charge in [-0.25, -0.2) is 0 Å². The highest BCUT2D eigenvalue weighted by Crippen LogP contribution is 2.12. The first-order valence-electron chi connectivity index (χ1n) is 30.3. The van der Waals surface area contributed by atoms with Crippen LogP contribution in [0.25, 0.3) is 0 Å². The lowest BCUT2D eigenvalue weighted by atomic mass is 10.1. The summed E-state index contributed by atoms with van der Waals surface area (Å²) in [5, 5.41) is 0. The highest BCUT2D eigenvalue weighted by molar-refractivity contribution is 5.71. The normalized spacial score (nSPS) is 13.4. The molecule has 0 saturated carbocycles. The van der Waals surface area contributed by atoms with E-state index in [-0.39, 0.29) is 44.0 Å². The highest BCUT2D eigenvalue weighted by Gasteiger charge is 2.19. The van der Waals surface area contributed by atoms with Gasteiger partial charge in [0.2, 0.25) is 0 Å². The van der Waals surface area contributed by atoms with E-state index >= 15 is 0 Å². The second-order valence-electron chi connectivity index (χ2n) is 19.1. The molecule has 428 valence electrons. The zero-order valence-corrected chi connectivity index (χ0v) is 48.9. The van der Waals surface area contributed by atoms with Crippen LogP contribution in [0.15, 0.2) is 182 Å². The van der Waals surface area contributed by atoms with Crippen LogP contribution in [-0.4, -0.2) is 37.2 Å². The Morgan fingerprint density at radius 3 is 0.870 bits per heavy atom. The van der Waals surface area contributed by atoms with Gasteiger partial charge in [0.25, 0.3) is 0 Å². The summed E-state index contributed by atoms with van der Waals surface area (Å²) >= 11 is 0. The second-order valence-corrected chi connectivity index (χ2v) is 19.1. The Morgan fingerprint density at radius 2 is 0.519 bits per heavy atom. The molecule has 0 N–H and O–H groups in total. The first-order valence-corrected chi connectivity index (χ1v) is 30.3. The first kappa shape index (κ1) is 71.5. The second kappa shape index (κ2) is 63.0. The number of carbonyl (C=O) groups is 3. The zero-order valence-electron chi connectivity index (χ0n) is 48.9. The quantitative estimate of drug-likeness (QED) is 0.0261. The van der Waals surface area contributed by atoms with Gasteiger partial charge >= 0.3 is 17.9 Å². The zero-order chi connectivity index (χ0) is 55.7. The predicted octanol–water partition coefficient (Wildman–Crippen LogP) is 20.9. The molecule has 0 aromatic carbocycles. The molecular formula is C71H108O6. The van der Waals surface area contributed by atoms with Crippen molar-refractivity contribution in [3.63, 3.8) is 0 Å². The van der Waals surface area contributed by atoms with Crippen LogP contribution in [0.5, 0.6) is 0 Å². The van der Waals surface area contributed by atoms with Crippen LogP contribution in [0.1, 0.15) is 226 Å². The maximum Gasteiger partial charge on any atom is 0.306 e. The van der Waals surface area contributed by atoms with Crippen molar-refractivity contribution in [1.82, 2.24) is 0 Å². The molecule has 0 bridgehead atoms. The summed E-state index contributed by atoms with van der Waals surface area (Å²) in [7, 11) is 0. The number of allylic oxidation sites excluding steroid dienone is 30. The Bertz CT molecular complexity index is 1840. The molecule has 0 rings (SSSR count). The van der Waals surface area contributed by atoms with Crippen LogP contribution >= 0.6 is 0 Å². The van der Waals surface area contributed by atoms with Gasteiger partial charge in [0, 0.05) is 19.3 Å². The maximum absolute atomic E-state index is 12.8. The standard InChI is InChI=1S/C71H108O6/c1-4-7-10-13-16-19-22-25-28-29-30-31-32-33-34-35-36-37-38-39-40-41-44-46-49-52-55-58-61-64-70(73)76-67-68(77-71(74)65-62-59-56-53-50-47-43-27-24-21-18-15-12-9-6-3)66-75-69(72)63-60-57-54-51-48-45-42-26-23-20-17-14-11-8-5-2/h7,9-10,12,16-21,25-28,30-31,33-34,36-37,39-40,42-44,46,50,52-53,55,68H,4-6,8,11,13-15,22-24,29,32,35,38,41,45,47-49,51,54,56-67H2,1-3H3/b10-7-,12-9-,19-16-,20-17-,21-18-,28-25-,31-30-,34-33-,37-36-,40-39-,42-26-,43-27-,46-44-,53-50-,55-52-. The van der Waals surface area contributed by atoms with Crippen molar-refractivity contribution in [3.8, 4) is 0 Å². The summed E-state index contributed by atoms with van der Waals surface area (Å²) in [6, 6.07) is 0. The molecule has 0 spiro atoms. The van der Waals surface area contributed by atoms with Crippen LogP contribution in [0.2, 0.25) is 0 Å². The van der Waals surface area contributed by atoms with Crippen LogP contribution in [0.4, 0.5) is 0 Å². The molecule has 0 aromatic heterocycles. The molecule has 1 unspecified atom stereocenters. The van der Waals surface area contributed by atoms with Crippen LogP contribution in [-0.2, 0) is 28.6 Å². The summed E-state index contributed by atoms with van der Waals surface area (Å²) in [6.07, 6.45) is 94.7. The van der Waals surface area contributed by atoms with Gasteiger partial charge in [-0.15, -0.1) is 0 Å². The number of esters is 3. The Morgan fingerprint density at radius 1 is 0.273 bits per heavy atom. The van der Waals surface area contributed by atoms with E-state index in [1.54, 1.807) is 0 Å². The lowest BCUT2D eigenvalue weighted by molar-refractivity contribution is -0.167. The predicted molar refractivity (Wildman–Crippen MR) is 334 cm³/mol. The molecule has 6 heteroatoms. The minimum absolute atomic E-state index is 0.129. The Labute approximate surface area is 472 Å². The molecule has 6 nitrogen and oxygen atoms in total. The monoisotopic (exact) mass is 1060 g/mol.